The highest BCUT2D eigenvalue weighted by molar-refractivity contribution is 7.17. The van der Waals surface area contributed by atoms with Crippen molar-refractivity contribution in [3.05, 3.63) is 34.8 Å². The van der Waals surface area contributed by atoms with E-state index in [-0.39, 0.29) is 22.3 Å². The Kier molecular flexibility index (Phi) is 2.94. The molecule has 0 fully saturated rings. The molecule has 1 aromatic carbocycles. The van der Waals surface area contributed by atoms with Crippen molar-refractivity contribution in [2.75, 3.05) is 0 Å². The van der Waals surface area contributed by atoms with Gasteiger partial charge in [-0.05, 0) is 6.07 Å². The van der Waals surface area contributed by atoms with E-state index in [1.54, 1.807) is 12.1 Å². The molecule has 3 aromatic rings. The number of alkyl halides is 3. The van der Waals surface area contributed by atoms with E-state index in [0.29, 0.717) is 4.70 Å². The zero-order valence-electron chi connectivity index (χ0n) is 10.2. The van der Waals surface area contributed by atoms with Crippen molar-refractivity contribution >= 4 is 27.3 Å². The van der Waals surface area contributed by atoms with Gasteiger partial charge in [0.25, 0.3) is 5.91 Å². The van der Waals surface area contributed by atoms with Crippen LogP contribution in [0.3, 0.4) is 0 Å². The topological polar surface area (TPSA) is 84.7 Å². The first-order chi connectivity index (χ1) is 9.89. The van der Waals surface area contributed by atoms with Crippen molar-refractivity contribution in [1.82, 2.24) is 15.4 Å². The summed E-state index contributed by atoms with van der Waals surface area (Å²) in [5.74, 6) is -0.862. The maximum atomic E-state index is 13.1. The van der Waals surface area contributed by atoms with Gasteiger partial charge in [-0.25, -0.2) is 0 Å². The van der Waals surface area contributed by atoms with Gasteiger partial charge in [0, 0.05) is 21.0 Å². The van der Waals surface area contributed by atoms with Crippen LogP contribution in [0.5, 0.6) is 0 Å². The Morgan fingerprint density at radius 2 is 2.05 bits per heavy atom. The lowest BCUT2D eigenvalue weighted by Crippen LogP contribution is -2.13. The quantitative estimate of drug-likeness (QED) is 0.763. The van der Waals surface area contributed by atoms with E-state index in [1.165, 1.54) is 6.07 Å². The molecule has 0 aliphatic carbocycles. The molecule has 108 valence electrons. The number of aromatic nitrogens is 3. The van der Waals surface area contributed by atoms with E-state index in [1.807, 2.05) is 0 Å². The van der Waals surface area contributed by atoms with Gasteiger partial charge < -0.3 is 5.73 Å². The van der Waals surface area contributed by atoms with Gasteiger partial charge in [0.2, 0.25) is 0 Å². The van der Waals surface area contributed by atoms with Gasteiger partial charge in [0.15, 0.2) is 5.69 Å². The average Bonchev–Trinajstić information content (AvgIpc) is 3.04. The molecule has 0 atom stereocenters. The zero-order valence-corrected chi connectivity index (χ0v) is 11.0. The molecule has 0 aliphatic heterocycles. The normalized spacial score (nSPS) is 12.0. The van der Waals surface area contributed by atoms with Crippen molar-refractivity contribution in [1.29, 1.82) is 0 Å². The van der Waals surface area contributed by atoms with Gasteiger partial charge in [0.1, 0.15) is 5.69 Å². The molecule has 3 N–H and O–H groups in total. The number of amides is 1. The number of hydrogen-bond donors (Lipinski definition) is 2. The predicted molar refractivity (Wildman–Crippen MR) is 70.7 cm³/mol. The largest absolute Gasteiger partial charge is 0.417 e. The number of carbonyl (C=O) groups is 1. The molecule has 2 heterocycles. The summed E-state index contributed by atoms with van der Waals surface area (Å²) in [7, 11) is 0. The first kappa shape index (κ1) is 13.6. The third-order valence-electron chi connectivity index (χ3n) is 2.94. The lowest BCUT2D eigenvalue weighted by molar-refractivity contribution is -0.136. The van der Waals surface area contributed by atoms with Gasteiger partial charge >= 0.3 is 6.18 Å². The summed E-state index contributed by atoms with van der Waals surface area (Å²) in [6.07, 6.45) is -4.50. The number of nitrogens with zero attached hydrogens (tertiary/aromatic N) is 2. The van der Waals surface area contributed by atoms with Crippen LogP contribution in [0, 0.1) is 0 Å². The zero-order chi connectivity index (χ0) is 15.2. The lowest BCUT2D eigenvalue weighted by Gasteiger charge is -2.07. The van der Waals surface area contributed by atoms with E-state index in [4.69, 9.17) is 5.73 Å². The number of carbonyl (C=O) groups excluding carboxylic acids is 1. The van der Waals surface area contributed by atoms with Crippen LogP contribution in [-0.2, 0) is 6.18 Å². The monoisotopic (exact) mass is 312 g/mol. The highest BCUT2D eigenvalue weighted by Crippen LogP contribution is 2.42. The first-order valence-electron chi connectivity index (χ1n) is 5.68. The number of benzene rings is 1. The summed E-state index contributed by atoms with van der Waals surface area (Å²) in [6, 6.07) is 4.62. The smallest absolute Gasteiger partial charge is 0.364 e. The average molecular weight is 312 g/mol. The number of thiophene rings is 1. The second-order valence-electron chi connectivity index (χ2n) is 4.21. The Hall–Kier alpha value is -2.42. The molecular weight excluding hydrogens is 305 g/mol. The fourth-order valence-electron chi connectivity index (χ4n) is 2.08. The van der Waals surface area contributed by atoms with Crippen molar-refractivity contribution in [3.63, 3.8) is 0 Å². The van der Waals surface area contributed by atoms with Crippen molar-refractivity contribution in [2.24, 2.45) is 5.73 Å². The van der Waals surface area contributed by atoms with Crippen LogP contribution in [0.25, 0.3) is 21.3 Å². The summed E-state index contributed by atoms with van der Waals surface area (Å²) in [6.45, 7) is 0. The first-order valence-corrected chi connectivity index (χ1v) is 6.56. The van der Waals surface area contributed by atoms with Crippen LogP contribution in [0.1, 0.15) is 16.1 Å². The summed E-state index contributed by atoms with van der Waals surface area (Å²) < 4.78 is 39.8. The van der Waals surface area contributed by atoms with Crippen LogP contribution in [-0.4, -0.2) is 21.3 Å². The van der Waals surface area contributed by atoms with E-state index < -0.39 is 17.6 Å². The van der Waals surface area contributed by atoms with Crippen LogP contribution in [0.4, 0.5) is 13.2 Å². The molecule has 0 radical (unpaired) electrons. The van der Waals surface area contributed by atoms with E-state index >= 15 is 0 Å². The second-order valence-corrected chi connectivity index (χ2v) is 5.12. The molecule has 0 spiro atoms. The minimum absolute atomic E-state index is 0.00796. The second kappa shape index (κ2) is 4.55. The Balaban J connectivity index is 2.35. The van der Waals surface area contributed by atoms with Crippen LogP contribution < -0.4 is 5.73 Å². The van der Waals surface area contributed by atoms with Gasteiger partial charge in [0.05, 0.1) is 5.56 Å². The minimum atomic E-state index is -4.50. The Morgan fingerprint density at radius 3 is 2.71 bits per heavy atom. The molecule has 5 nitrogen and oxygen atoms in total. The fraction of sp³-hybridized carbons (Fsp3) is 0.0833. The minimum Gasteiger partial charge on any atom is -0.364 e. The number of hydrogen-bond acceptors (Lipinski definition) is 4. The Morgan fingerprint density at radius 1 is 1.29 bits per heavy atom. The summed E-state index contributed by atoms with van der Waals surface area (Å²) in [5, 5.41) is 10.6. The summed E-state index contributed by atoms with van der Waals surface area (Å²) in [4.78, 5) is 11.3. The highest BCUT2D eigenvalue weighted by atomic mass is 32.1. The predicted octanol–water partition coefficient (Wildman–Crippen LogP) is 2.80. The van der Waals surface area contributed by atoms with Crippen molar-refractivity contribution < 1.29 is 18.0 Å². The van der Waals surface area contributed by atoms with Gasteiger partial charge in [-0.2, -0.15) is 28.6 Å². The SMILES string of the molecule is NC(=O)c1n[nH]nc1-c1cccc2scc(C(F)(F)F)c12. The van der Waals surface area contributed by atoms with Gasteiger partial charge in [-0.3, -0.25) is 4.79 Å². The molecule has 0 unspecified atom stereocenters. The number of primary amides is 1. The maximum Gasteiger partial charge on any atom is 0.417 e. The number of halogens is 3. The highest BCUT2D eigenvalue weighted by Gasteiger charge is 2.35. The standard InChI is InChI=1S/C12H7F3N4OS/c13-12(14,15)6-4-21-7-3-1-2-5(8(6)7)9-10(11(16)20)18-19-17-9/h1-4H,(H2,16,20)(H,17,18,19). The molecule has 3 rings (SSSR count). The van der Waals surface area contributed by atoms with Crippen LogP contribution >= 0.6 is 11.3 Å². The van der Waals surface area contributed by atoms with E-state index in [0.717, 1.165) is 16.7 Å². The molecule has 0 saturated carbocycles. The summed E-state index contributed by atoms with van der Waals surface area (Å²) >= 11 is 0.972. The molecular formula is C12H7F3N4OS. The lowest BCUT2D eigenvalue weighted by atomic mass is 10.0. The number of aromatic amines is 1. The van der Waals surface area contributed by atoms with Gasteiger partial charge in [-0.1, -0.05) is 12.1 Å². The van der Waals surface area contributed by atoms with Crippen molar-refractivity contribution in [3.8, 4) is 11.3 Å². The van der Waals surface area contributed by atoms with Crippen molar-refractivity contribution in [2.45, 2.75) is 6.18 Å². The third-order valence-corrected chi connectivity index (χ3v) is 3.89. The number of nitrogens with one attached hydrogen (secondary N) is 1. The number of rotatable bonds is 2. The Labute approximate surface area is 119 Å². The number of fused-ring (bicyclic) bond motifs is 1. The maximum absolute atomic E-state index is 13.1. The van der Waals surface area contributed by atoms with Gasteiger partial charge in [-0.15, -0.1) is 11.3 Å². The third kappa shape index (κ3) is 2.15. The van der Waals surface area contributed by atoms with E-state index in [2.05, 4.69) is 15.4 Å². The Bertz CT molecular complexity index is 837. The molecule has 1 amide bonds. The van der Waals surface area contributed by atoms with E-state index in [9.17, 15) is 18.0 Å². The molecule has 0 bridgehead atoms. The fourth-order valence-corrected chi connectivity index (χ4v) is 3.08. The van der Waals surface area contributed by atoms with Crippen LogP contribution in [0.2, 0.25) is 0 Å². The number of nitrogens with two attached hydrogens (primary N) is 1. The molecule has 21 heavy (non-hydrogen) atoms. The molecule has 9 heteroatoms. The summed E-state index contributed by atoms with van der Waals surface area (Å²) in [5.41, 5.74) is 4.38. The number of H-pyrrole nitrogens is 1. The molecule has 0 aliphatic rings. The molecule has 0 saturated heterocycles. The molecule has 2 aromatic heterocycles. The van der Waals surface area contributed by atoms with Crippen LogP contribution in [0.15, 0.2) is 23.6 Å².